The fourth-order valence-electron chi connectivity index (χ4n) is 5.53. The number of anilines is 1. The van der Waals surface area contributed by atoms with Gasteiger partial charge < -0.3 is 24.9 Å². The molecule has 2 N–H and O–H groups in total. The first kappa shape index (κ1) is 20.6. The molecule has 0 bridgehead atoms. The standard InChI is InChI=1S/C23H29ClN4O3/c1-27(2)15-6-10-28(11-7-15)21(29)17-13-14-12-16(24)19-18(20(14)31-17)23(26-22(30)25-19)8-4-3-5-9-23/h12-13,15H,3-11H2,1-2H3,(H2,25,26,30). The van der Waals surface area contributed by atoms with Gasteiger partial charge in [0.1, 0.15) is 5.58 Å². The minimum atomic E-state index is -0.499. The van der Waals surface area contributed by atoms with Gasteiger partial charge in [0.05, 0.1) is 16.2 Å². The summed E-state index contributed by atoms with van der Waals surface area (Å²) >= 11 is 6.59. The van der Waals surface area contributed by atoms with Crippen LogP contribution in [0, 0.1) is 0 Å². The maximum absolute atomic E-state index is 13.2. The Kier molecular flexibility index (Phi) is 5.13. The lowest BCUT2D eigenvalue weighted by molar-refractivity contribution is 0.0634. The normalized spacial score (nSPS) is 21.3. The number of halogens is 1. The zero-order chi connectivity index (χ0) is 21.8. The summed E-state index contributed by atoms with van der Waals surface area (Å²) in [4.78, 5) is 29.7. The predicted molar refractivity (Wildman–Crippen MR) is 121 cm³/mol. The number of hydrogen-bond donors (Lipinski definition) is 2. The molecular weight excluding hydrogens is 416 g/mol. The van der Waals surface area contributed by atoms with E-state index < -0.39 is 5.54 Å². The van der Waals surface area contributed by atoms with Gasteiger partial charge in [0.25, 0.3) is 5.91 Å². The van der Waals surface area contributed by atoms with Crippen LogP contribution in [0.25, 0.3) is 11.0 Å². The number of nitrogens with one attached hydrogen (secondary N) is 2. The molecule has 2 fully saturated rings. The van der Waals surface area contributed by atoms with E-state index in [0.29, 0.717) is 28.1 Å². The number of amides is 3. The van der Waals surface area contributed by atoms with Crippen molar-refractivity contribution < 1.29 is 14.0 Å². The molecule has 5 rings (SSSR count). The zero-order valence-electron chi connectivity index (χ0n) is 18.1. The minimum Gasteiger partial charge on any atom is -0.450 e. The fourth-order valence-corrected chi connectivity index (χ4v) is 5.79. The van der Waals surface area contributed by atoms with Crippen LogP contribution >= 0.6 is 11.6 Å². The molecule has 166 valence electrons. The van der Waals surface area contributed by atoms with Crippen LogP contribution in [0.15, 0.2) is 16.5 Å². The molecule has 3 amide bonds. The monoisotopic (exact) mass is 444 g/mol. The molecule has 2 aliphatic heterocycles. The summed E-state index contributed by atoms with van der Waals surface area (Å²) in [6.45, 7) is 1.44. The molecule has 0 unspecified atom stereocenters. The van der Waals surface area contributed by atoms with Crippen LogP contribution in [-0.2, 0) is 5.54 Å². The number of urea groups is 1. The summed E-state index contributed by atoms with van der Waals surface area (Å²) in [6, 6.07) is 3.86. The third-order valence-electron chi connectivity index (χ3n) is 7.23. The van der Waals surface area contributed by atoms with Crippen molar-refractivity contribution in [3.05, 3.63) is 28.5 Å². The first-order chi connectivity index (χ1) is 14.9. The number of benzene rings is 1. The number of furan rings is 1. The van der Waals surface area contributed by atoms with E-state index in [0.717, 1.165) is 69.0 Å². The topological polar surface area (TPSA) is 77.8 Å². The highest BCUT2D eigenvalue weighted by Gasteiger charge is 2.44. The van der Waals surface area contributed by atoms with E-state index in [9.17, 15) is 9.59 Å². The number of carbonyl (C=O) groups excluding carboxylic acids is 2. The van der Waals surface area contributed by atoms with Gasteiger partial charge in [-0.25, -0.2) is 4.79 Å². The Morgan fingerprint density at radius 3 is 2.58 bits per heavy atom. The lowest BCUT2D eigenvalue weighted by Gasteiger charge is -2.42. The summed E-state index contributed by atoms with van der Waals surface area (Å²) in [6.07, 6.45) is 6.80. The zero-order valence-corrected chi connectivity index (χ0v) is 18.8. The lowest BCUT2D eigenvalue weighted by atomic mass is 9.74. The number of likely N-dealkylation sites (tertiary alicyclic amines) is 1. The van der Waals surface area contributed by atoms with E-state index in [1.807, 2.05) is 4.90 Å². The minimum absolute atomic E-state index is 0.0798. The fraction of sp³-hybridized carbons (Fsp3) is 0.565. The second-order valence-electron chi connectivity index (χ2n) is 9.35. The van der Waals surface area contributed by atoms with Gasteiger partial charge in [-0.3, -0.25) is 4.79 Å². The molecule has 7 nitrogen and oxygen atoms in total. The van der Waals surface area contributed by atoms with E-state index in [2.05, 4.69) is 29.6 Å². The summed E-state index contributed by atoms with van der Waals surface area (Å²) in [5.41, 5.74) is 1.65. The number of carbonyl (C=O) groups is 2. The van der Waals surface area contributed by atoms with Gasteiger partial charge >= 0.3 is 6.03 Å². The van der Waals surface area contributed by atoms with E-state index in [1.165, 1.54) is 0 Å². The van der Waals surface area contributed by atoms with Gasteiger partial charge in [0, 0.05) is 30.1 Å². The summed E-state index contributed by atoms with van der Waals surface area (Å²) in [7, 11) is 4.17. The average molecular weight is 445 g/mol. The van der Waals surface area contributed by atoms with Crippen molar-refractivity contribution in [2.24, 2.45) is 0 Å². The van der Waals surface area contributed by atoms with Crippen LogP contribution in [0.1, 0.15) is 61.1 Å². The van der Waals surface area contributed by atoms with Gasteiger partial charge in [-0.15, -0.1) is 0 Å². The van der Waals surface area contributed by atoms with Crippen molar-refractivity contribution in [3.63, 3.8) is 0 Å². The first-order valence-electron chi connectivity index (χ1n) is 11.2. The molecule has 2 aromatic rings. The Bertz CT molecular complexity index is 1030. The molecule has 1 aromatic carbocycles. The molecule has 1 aromatic heterocycles. The summed E-state index contributed by atoms with van der Waals surface area (Å²) < 4.78 is 6.22. The first-order valence-corrected chi connectivity index (χ1v) is 11.6. The van der Waals surface area contributed by atoms with Crippen molar-refractivity contribution in [2.75, 3.05) is 32.5 Å². The van der Waals surface area contributed by atoms with Crippen molar-refractivity contribution in [1.82, 2.24) is 15.1 Å². The molecule has 3 heterocycles. The Balaban J connectivity index is 1.53. The van der Waals surface area contributed by atoms with Crippen LogP contribution in [0.3, 0.4) is 0 Å². The number of hydrogen-bond acceptors (Lipinski definition) is 4. The van der Waals surface area contributed by atoms with Gasteiger partial charge in [-0.2, -0.15) is 0 Å². The average Bonchev–Trinajstić information content (AvgIpc) is 3.17. The van der Waals surface area contributed by atoms with Crippen LogP contribution in [-0.4, -0.2) is 55.0 Å². The van der Waals surface area contributed by atoms with Gasteiger partial charge in [-0.05, 0) is 51.9 Å². The smallest absolute Gasteiger partial charge is 0.319 e. The Labute approximate surface area is 187 Å². The second-order valence-corrected chi connectivity index (χ2v) is 9.75. The van der Waals surface area contributed by atoms with E-state index in [4.69, 9.17) is 16.0 Å². The molecule has 31 heavy (non-hydrogen) atoms. The lowest BCUT2D eigenvalue weighted by Crippen LogP contribution is -2.52. The molecule has 8 heteroatoms. The van der Waals surface area contributed by atoms with E-state index in [1.54, 1.807) is 12.1 Å². The molecule has 1 spiro atoms. The van der Waals surface area contributed by atoms with Crippen LogP contribution < -0.4 is 10.6 Å². The van der Waals surface area contributed by atoms with Crippen LogP contribution in [0.4, 0.5) is 10.5 Å². The molecule has 0 atom stereocenters. The predicted octanol–water partition coefficient (Wildman–Crippen LogP) is 4.55. The SMILES string of the molecule is CN(C)C1CCN(C(=O)c2cc3cc(Cl)c4c(c3o2)C2(CCCCC2)NC(=O)N4)CC1. The van der Waals surface area contributed by atoms with Gasteiger partial charge in [-0.1, -0.05) is 30.9 Å². The maximum atomic E-state index is 13.2. The molecule has 1 saturated heterocycles. The quantitative estimate of drug-likeness (QED) is 0.712. The van der Waals surface area contributed by atoms with E-state index in [-0.39, 0.29) is 11.9 Å². The van der Waals surface area contributed by atoms with Crippen molar-refractivity contribution in [2.45, 2.75) is 56.5 Å². The number of rotatable bonds is 2. The van der Waals surface area contributed by atoms with E-state index >= 15 is 0 Å². The Morgan fingerprint density at radius 1 is 1.19 bits per heavy atom. The maximum Gasteiger partial charge on any atom is 0.319 e. The van der Waals surface area contributed by atoms with Gasteiger partial charge in [0.2, 0.25) is 0 Å². The third kappa shape index (κ3) is 3.48. The Hall–Kier alpha value is -2.25. The molecule has 0 radical (unpaired) electrons. The highest BCUT2D eigenvalue weighted by Crippen LogP contribution is 2.49. The molecule has 1 aliphatic carbocycles. The summed E-state index contributed by atoms with van der Waals surface area (Å²) in [5, 5.41) is 7.31. The van der Waals surface area contributed by atoms with Crippen molar-refractivity contribution in [1.29, 1.82) is 0 Å². The van der Waals surface area contributed by atoms with Crippen molar-refractivity contribution >= 4 is 40.2 Å². The number of nitrogens with zero attached hydrogens (tertiary/aromatic N) is 2. The van der Waals surface area contributed by atoms with Crippen LogP contribution in [0.2, 0.25) is 5.02 Å². The van der Waals surface area contributed by atoms with Crippen molar-refractivity contribution in [3.8, 4) is 0 Å². The molecular formula is C23H29ClN4O3. The van der Waals surface area contributed by atoms with Crippen LogP contribution in [0.5, 0.6) is 0 Å². The number of piperidine rings is 1. The largest absolute Gasteiger partial charge is 0.450 e. The molecule has 1 saturated carbocycles. The highest BCUT2D eigenvalue weighted by molar-refractivity contribution is 6.35. The van der Waals surface area contributed by atoms with Gasteiger partial charge in [0.15, 0.2) is 5.76 Å². The number of fused-ring (bicyclic) bond motifs is 4. The third-order valence-corrected chi connectivity index (χ3v) is 7.53. The highest BCUT2D eigenvalue weighted by atomic mass is 35.5. The Morgan fingerprint density at radius 2 is 1.90 bits per heavy atom. The summed E-state index contributed by atoms with van der Waals surface area (Å²) in [5.74, 6) is 0.259. The second kappa shape index (κ2) is 7.71. The molecule has 3 aliphatic rings.